The second kappa shape index (κ2) is 13.0. The van der Waals surface area contributed by atoms with Crippen LogP contribution < -0.4 is 25.5 Å². The van der Waals surface area contributed by atoms with Gasteiger partial charge in [-0.05, 0) is 65.9 Å². The maximum Gasteiger partial charge on any atom is 0.291 e. The third-order valence-corrected chi connectivity index (χ3v) is 7.90. The number of rotatable bonds is 9. The summed E-state index contributed by atoms with van der Waals surface area (Å²) in [6, 6.07) is 20.6. The van der Waals surface area contributed by atoms with Crippen molar-refractivity contribution in [1.82, 2.24) is 9.88 Å². The molecule has 0 aliphatic carbocycles. The molecule has 0 atom stereocenters. The van der Waals surface area contributed by atoms with Gasteiger partial charge in [0.1, 0.15) is 5.58 Å². The molecule has 2 aromatic heterocycles. The number of benzene rings is 3. The van der Waals surface area contributed by atoms with Crippen molar-refractivity contribution in [2.45, 2.75) is 19.4 Å². The number of pyridine rings is 1. The van der Waals surface area contributed by atoms with Crippen LogP contribution in [0.4, 0.5) is 11.4 Å². The molecule has 0 saturated heterocycles. The van der Waals surface area contributed by atoms with Gasteiger partial charge in [-0.15, -0.1) is 0 Å². The number of anilines is 2. The summed E-state index contributed by atoms with van der Waals surface area (Å²) in [6.45, 7) is 2.85. The fraction of sp³-hybridized carbons (Fsp3) is 0.200. The predicted molar refractivity (Wildman–Crippen MR) is 171 cm³/mol. The molecule has 10 heteroatoms. The number of hydrogen-bond acceptors (Lipinski definition) is 8. The van der Waals surface area contributed by atoms with Crippen LogP contribution in [0.15, 0.2) is 94.4 Å². The number of fused-ring (bicyclic) bond motifs is 2. The molecule has 3 heterocycles. The minimum absolute atomic E-state index is 0.133. The average Bonchev–Trinajstić information content (AvgIpc) is 3.07. The Labute approximate surface area is 259 Å². The molecule has 0 radical (unpaired) electrons. The van der Waals surface area contributed by atoms with E-state index in [-0.39, 0.29) is 28.0 Å². The number of amides is 2. The van der Waals surface area contributed by atoms with Gasteiger partial charge in [-0.25, -0.2) is 0 Å². The molecule has 2 N–H and O–H groups in total. The van der Waals surface area contributed by atoms with Crippen LogP contribution in [0.3, 0.4) is 0 Å². The molecule has 0 unspecified atom stereocenters. The maximum absolute atomic E-state index is 13.5. The zero-order chi connectivity index (χ0) is 31.3. The van der Waals surface area contributed by atoms with E-state index in [4.69, 9.17) is 13.9 Å². The highest BCUT2D eigenvalue weighted by Crippen LogP contribution is 2.34. The molecule has 3 aromatic carbocycles. The number of nitrogens with one attached hydrogen (secondary N) is 2. The van der Waals surface area contributed by atoms with E-state index in [1.165, 1.54) is 37.5 Å². The number of nitrogens with zero attached hydrogens (tertiary/aromatic N) is 2. The Bertz CT molecular complexity index is 1940. The van der Waals surface area contributed by atoms with Crippen LogP contribution in [0.25, 0.3) is 11.0 Å². The second-order valence-electron chi connectivity index (χ2n) is 10.7. The lowest BCUT2D eigenvalue weighted by Gasteiger charge is -2.28. The number of carbonyl (C=O) groups excluding carboxylic acids is 2. The monoisotopic (exact) mass is 604 g/mol. The van der Waals surface area contributed by atoms with Gasteiger partial charge < -0.3 is 24.5 Å². The molecule has 0 fully saturated rings. The molecule has 0 bridgehead atoms. The first-order valence-corrected chi connectivity index (χ1v) is 14.6. The number of carbonyl (C=O) groups is 2. The molecule has 6 rings (SSSR count). The van der Waals surface area contributed by atoms with Crippen molar-refractivity contribution in [3.8, 4) is 11.5 Å². The number of hydrogen-bond donors (Lipinski definition) is 2. The van der Waals surface area contributed by atoms with Crippen LogP contribution in [0.5, 0.6) is 11.5 Å². The van der Waals surface area contributed by atoms with Crippen LogP contribution in [0.2, 0.25) is 0 Å². The highest BCUT2D eigenvalue weighted by molar-refractivity contribution is 6.12. The number of ether oxygens (including phenoxy) is 2. The summed E-state index contributed by atoms with van der Waals surface area (Å²) < 4.78 is 16.5. The molecule has 2 amide bonds. The van der Waals surface area contributed by atoms with Gasteiger partial charge in [0.2, 0.25) is 0 Å². The SMILES string of the molecule is COc1cc(NC(=O)c2cc(=O)c3ccccc3o2)c(C(=O)Nc2ccc(CCN3CCc4cnccc4C3)cc2)cc1OC. The lowest BCUT2D eigenvalue weighted by atomic mass is 10.0. The standard InChI is InChI=1S/C35H32N4O6/c1-43-31-17-27(28(18-32(31)44-2)38-35(42)33-19-29(40)26-5-3-4-6-30(26)45-33)34(41)37-25-9-7-22(8-10-25)12-15-39-16-13-23-20-36-14-11-24(23)21-39/h3-11,14,17-20H,12-13,15-16,21H2,1-2H3,(H,37,41)(H,38,42). The first-order chi connectivity index (χ1) is 21.9. The number of aromatic nitrogens is 1. The molecule has 1 aliphatic rings. The van der Waals surface area contributed by atoms with E-state index in [0.717, 1.165) is 44.1 Å². The van der Waals surface area contributed by atoms with Crippen LogP contribution in [0, 0.1) is 0 Å². The van der Waals surface area contributed by atoms with Crippen molar-refractivity contribution >= 4 is 34.2 Å². The largest absolute Gasteiger partial charge is 0.493 e. The van der Waals surface area contributed by atoms with E-state index in [9.17, 15) is 14.4 Å². The molecule has 45 heavy (non-hydrogen) atoms. The fourth-order valence-corrected chi connectivity index (χ4v) is 5.44. The van der Waals surface area contributed by atoms with Crippen molar-refractivity contribution in [2.24, 2.45) is 0 Å². The van der Waals surface area contributed by atoms with Crippen LogP contribution in [-0.4, -0.2) is 49.0 Å². The molecule has 10 nitrogen and oxygen atoms in total. The van der Waals surface area contributed by atoms with Gasteiger partial charge in [-0.2, -0.15) is 0 Å². The van der Waals surface area contributed by atoms with E-state index in [2.05, 4.69) is 26.6 Å². The Kier molecular flexibility index (Phi) is 8.56. The van der Waals surface area contributed by atoms with Gasteiger partial charge in [0.25, 0.3) is 11.8 Å². The maximum atomic E-state index is 13.5. The van der Waals surface area contributed by atoms with E-state index in [1.807, 2.05) is 36.7 Å². The topological polar surface area (TPSA) is 123 Å². The van der Waals surface area contributed by atoms with Crippen molar-refractivity contribution in [3.05, 3.63) is 123 Å². The number of methoxy groups -OCH3 is 2. The zero-order valence-electron chi connectivity index (χ0n) is 25.0. The van der Waals surface area contributed by atoms with Gasteiger partial charge in [0.15, 0.2) is 22.7 Å². The third kappa shape index (κ3) is 6.56. The van der Waals surface area contributed by atoms with Gasteiger partial charge in [0, 0.05) is 49.8 Å². The molecule has 1 aliphatic heterocycles. The first-order valence-electron chi connectivity index (χ1n) is 14.6. The Hall–Kier alpha value is -5.48. The van der Waals surface area contributed by atoms with Crippen LogP contribution in [-0.2, 0) is 19.4 Å². The van der Waals surface area contributed by atoms with Crippen LogP contribution in [0.1, 0.15) is 37.6 Å². The molecule has 0 spiro atoms. The summed E-state index contributed by atoms with van der Waals surface area (Å²) in [7, 11) is 2.91. The summed E-state index contributed by atoms with van der Waals surface area (Å²) in [5.41, 5.74) is 4.63. The second-order valence-corrected chi connectivity index (χ2v) is 10.7. The predicted octanol–water partition coefficient (Wildman–Crippen LogP) is 5.31. The van der Waals surface area contributed by atoms with E-state index in [1.54, 1.807) is 24.3 Å². The Balaban J connectivity index is 1.16. The lowest BCUT2D eigenvalue weighted by molar-refractivity contribution is 0.0997. The normalized spacial score (nSPS) is 12.8. The van der Waals surface area contributed by atoms with Gasteiger partial charge in [-0.1, -0.05) is 24.3 Å². The fourth-order valence-electron chi connectivity index (χ4n) is 5.44. The summed E-state index contributed by atoms with van der Waals surface area (Å²) in [4.78, 5) is 46.0. The van der Waals surface area contributed by atoms with Crippen molar-refractivity contribution < 1.29 is 23.5 Å². The Morgan fingerprint density at radius 3 is 2.49 bits per heavy atom. The quantitative estimate of drug-likeness (QED) is 0.232. The summed E-state index contributed by atoms with van der Waals surface area (Å²) in [5.74, 6) is -0.744. The van der Waals surface area contributed by atoms with Crippen molar-refractivity contribution in [1.29, 1.82) is 0 Å². The highest BCUT2D eigenvalue weighted by Gasteiger charge is 2.21. The van der Waals surface area contributed by atoms with Gasteiger partial charge in [0.05, 0.1) is 30.9 Å². The molecular weight excluding hydrogens is 572 g/mol. The molecular formula is C35H32N4O6. The minimum atomic E-state index is -0.697. The van der Waals surface area contributed by atoms with E-state index < -0.39 is 11.8 Å². The van der Waals surface area contributed by atoms with Gasteiger partial charge >= 0.3 is 0 Å². The Morgan fingerprint density at radius 1 is 0.911 bits per heavy atom. The molecule has 228 valence electrons. The smallest absolute Gasteiger partial charge is 0.291 e. The van der Waals surface area contributed by atoms with E-state index >= 15 is 0 Å². The summed E-state index contributed by atoms with van der Waals surface area (Å²) >= 11 is 0. The summed E-state index contributed by atoms with van der Waals surface area (Å²) in [6.07, 6.45) is 5.69. The van der Waals surface area contributed by atoms with Crippen molar-refractivity contribution in [2.75, 3.05) is 37.9 Å². The van der Waals surface area contributed by atoms with Gasteiger partial charge in [-0.3, -0.25) is 24.3 Å². The Morgan fingerprint density at radius 2 is 1.69 bits per heavy atom. The molecule has 5 aromatic rings. The highest BCUT2D eigenvalue weighted by atomic mass is 16.5. The minimum Gasteiger partial charge on any atom is -0.493 e. The van der Waals surface area contributed by atoms with Crippen LogP contribution >= 0.6 is 0 Å². The first kappa shape index (κ1) is 29.6. The summed E-state index contributed by atoms with van der Waals surface area (Å²) in [5, 5.41) is 5.96. The average molecular weight is 605 g/mol. The van der Waals surface area contributed by atoms with E-state index in [0.29, 0.717) is 22.6 Å². The molecule has 0 saturated carbocycles. The lowest BCUT2D eigenvalue weighted by Crippen LogP contribution is -2.32. The van der Waals surface area contributed by atoms with Crippen molar-refractivity contribution in [3.63, 3.8) is 0 Å². The zero-order valence-corrected chi connectivity index (χ0v) is 25.0. The third-order valence-electron chi connectivity index (χ3n) is 7.90. The number of para-hydroxylation sites is 1.